The van der Waals surface area contributed by atoms with E-state index in [1.165, 1.54) is 29.1 Å². The number of esters is 1. The maximum Gasteiger partial charge on any atom is 0.339 e. The Morgan fingerprint density at radius 2 is 1.71 bits per heavy atom. The molecule has 0 saturated carbocycles. The number of methoxy groups -OCH3 is 2. The molecule has 0 saturated heterocycles. The van der Waals surface area contributed by atoms with Gasteiger partial charge >= 0.3 is 11.7 Å². The molecular formula is C24H21N3O6S. The van der Waals surface area contributed by atoms with Gasteiger partial charge in [0.15, 0.2) is 0 Å². The zero-order valence-corrected chi connectivity index (χ0v) is 19.3. The van der Waals surface area contributed by atoms with Crippen molar-refractivity contribution in [3.8, 4) is 5.75 Å². The van der Waals surface area contributed by atoms with Crippen LogP contribution in [0.5, 0.6) is 5.75 Å². The molecule has 1 N–H and O–H groups in total. The molecule has 0 unspecified atom stereocenters. The molecule has 10 heteroatoms. The third-order valence-electron chi connectivity index (χ3n) is 5.24. The zero-order chi connectivity index (χ0) is 24.2. The van der Waals surface area contributed by atoms with Crippen molar-refractivity contribution in [2.75, 3.05) is 19.5 Å². The molecule has 2 heterocycles. The van der Waals surface area contributed by atoms with Crippen molar-refractivity contribution in [2.45, 2.75) is 13.1 Å². The lowest BCUT2D eigenvalue weighted by Crippen LogP contribution is -2.41. The highest BCUT2D eigenvalue weighted by molar-refractivity contribution is 7.17. The molecule has 174 valence electrons. The van der Waals surface area contributed by atoms with Crippen molar-refractivity contribution in [2.24, 2.45) is 0 Å². The fourth-order valence-corrected chi connectivity index (χ4v) is 4.40. The van der Waals surface area contributed by atoms with E-state index in [2.05, 4.69) is 5.32 Å². The minimum absolute atomic E-state index is 0.0439. The average Bonchev–Trinajstić information content (AvgIpc) is 3.35. The highest BCUT2D eigenvalue weighted by Crippen LogP contribution is 2.18. The highest BCUT2D eigenvalue weighted by Gasteiger charge is 2.18. The summed E-state index contributed by atoms with van der Waals surface area (Å²) < 4.78 is 12.6. The Bertz CT molecular complexity index is 1480. The molecule has 4 aromatic rings. The Kier molecular flexibility index (Phi) is 6.60. The van der Waals surface area contributed by atoms with Crippen LogP contribution in [0.3, 0.4) is 0 Å². The molecule has 9 nitrogen and oxygen atoms in total. The SMILES string of the molecule is COC(=O)c1ccccc1NC(=O)Cn1c(=O)n(Cc2ccc(OC)cc2)c(=O)c2sccc21. The van der Waals surface area contributed by atoms with Gasteiger partial charge in [0.25, 0.3) is 5.56 Å². The summed E-state index contributed by atoms with van der Waals surface area (Å²) in [6.45, 7) is -0.299. The number of thiophene rings is 1. The van der Waals surface area contributed by atoms with Crippen LogP contribution in [-0.2, 0) is 22.6 Å². The second-order valence-corrected chi connectivity index (χ2v) is 8.24. The van der Waals surface area contributed by atoms with Crippen LogP contribution >= 0.6 is 11.3 Å². The first kappa shape index (κ1) is 23.0. The molecule has 34 heavy (non-hydrogen) atoms. The van der Waals surface area contributed by atoms with E-state index in [-0.39, 0.29) is 24.3 Å². The number of aromatic nitrogens is 2. The normalized spacial score (nSPS) is 10.8. The van der Waals surface area contributed by atoms with Gasteiger partial charge in [0.05, 0.1) is 37.5 Å². The number of anilines is 1. The fourth-order valence-electron chi connectivity index (χ4n) is 3.55. The van der Waals surface area contributed by atoms with Crippen molar-refractivity contribution in [3.05, 3.63) is 91.9 Å². The lowest BCUT2D eigenvalue weighted by Gasteiger charge is -2.14. The fraction of sp³-hybridized carbons (Fsp3) is 0.167. The van der Waals surface area contributed by atoms with Gasteiger partial charge in [0.2, 0.25) is 5.91 Å². The lowest BCUT2D eigenvalue weighted by molar-refractivity contribution is -0.116. The van der Waals surface area contributed by atoms with Gasteiger partial charge in [-0.05, 0) is 41.3 Å². The molecule has 0 atom stereocenters. The van der Waals surface area contributed by atoms with Crippen molar-refractivity contribution in [1.29, 1.82) is 0 Å². The number of carbonyl (C=O) groups excluding carboxylic acids is 2. The second-order valence-electron chi connectivity index (χ2n) is 7.33. The number of ether oxygens (including phenoxy) is 2. The summed E-state index contributed by atoms with van der Waals surface area (Å²) in [5, 5.41) is 4.36. The summed E-state index contributed by atoms with van der Waals surface area (Å²) in [6, 6.07) is 15.1. The maximum atomic E-state index is 13.3. The Hall–Kier alpha value is -4.18. The van der Waals surface area contributed by atoms with Gasteiger partial charge in [0.1, 0.15) is 17.0 Å². The number of nitrogens with zero attached hydrogens (tertiary/aromatic N) is 2. The van der Waals surface area contributed by atoms with E-state index < -0.39 is 23.1 Å². The Balaban J connectivity index is 1.68. The number of benzene rings is 2. The van der Waals surface area contributed by atoms with Gasteiger partial charge in [0, 0.05) is 0 Å². The minimum Gasteiger partial charge on any atom is -0.497 e. The summed E-state index contributed by atoms with van der Waals surface area (Å²) in [5.41, 5.74) is 0.541. The molecule has 0 radical (unpaired) electrons. The van der Waals surface area contributed by atoms with Gasteiger partial charge in [-0.1, -0.05) is 24.3 Å². The van der Waals surface area contributed by atoms with E-state index in [0.29, 0.717) is 16.0 Å². The molecule has 0 aliphatic carbocycles. The Morgan fingerprint density at radius 3 is 2.41 bits per heavy atom. The lowest BCUT2D eigenvalue weighted by atomic mass is 10.2. The molecule has 0 spiro atoms. The van der Waals surface area contributed by atoms with Crippen molar-refractivity contribution < 1.29 is 19.1 Å². The number of para-hydroxylation sites is 1. The summed E-state index contributed by atoms with van der Waals surface area (Å²) in [6.07, 6.45) is 0. The smallest absolute Gasteiger partial charge is 0.339 e. The van der Waals surface area contributed by atoms with Crippen LogP contribution in [-0.4, -0.2) is 35.2 Å². The van der Waals surface area contributed by atoms with Gasteiger partial charge in [-0.15, -0.1) is 11.3 Å². The first-order valence-electron chi connectivity index (χ1n) is 10.2. The van der Waals surface area contributed by atoms with Crippen LogP contribution < -0.4 is 21.3 Å². The summed E-state index contributed by atoms with van der Waals surface area (Å²) in [7, 11) is 2.80. The number of fused-ring (bicyclic) bond motifs is 1. The van der Waals surface area contributed by atoms with Gasteiger partial charge in [-0.2, -0.15) is 0 Å². The van der Waals surface area contributed by atoms with Crippen LogP contribution in [0, 0.1) is 0 Å². The quantitative estimate of drug-likeness (QED) is 0.408. The second kappa shape index (κ2) is 9.75. The number of rotatable bonds is 7. The van der Waals surface area contributed by atoms with Gasteiger partial charge < -0.3 is 14.8 Å². The predicted molar refractivity (Wildman–Crippen MR) is 129 cm³/mol. The Morgan fingerprint density at radius 1 is 0.971 bits per heavy atom. The van der Waals surface area contributed by atoms with Gasteiger partial charge in [-0.25, -0.2) is 9.59 Å². The zero-order valence-electron chi connectivity index (χ0n) is 18.4. The van der Waals surface area contributed by atoms with Crippen molar-refractivity contribution in [1.82, 2.24) is 9.13 Å². The molecule has 0 aliphatic heterocycles. The molecule has 1 amide bonds. The maximum absolute atomic E-state index is 13.3. The first-order chi connectivity index (χ1) is 16.4. The first-order valence-corrected chi connectivity index (χ1v) is 11.1. The molecule has 0 fully saturated rings. The monoisotopic (exact) mass is 479 g/mol. The molecule has 2 aromatic heterocycles. The third-order valence-corrected chi connectivity index (χ3v) is 6.14. The topological polar surface area (TPSA) is 109 Å². The van der Waals surface area contributed by atoms with E-state index in [4.69, 9.17) is 9.47 Å². The van der Waals surface area contributed by atoms with Crippen LogP contribution in [0.15, 0.2) is 69.6 Å². The van der Waals surface area contributed by atoms with Gasteiger partial charge in [-0.3, -0.25) is 18.7 Å². The van der Waals surface area contributed by atoms with E-state index in [9.17, 15) is 19.2 Å². The van der Waals surface area contributed by atoms with Crippen LogP contribution in [0.1, 0.15) is 15.9 Å². The molecular weight excluding hydrogens is 458 g/mol. The van der Waals surface area contributed by atoms with E-state index in [0.717, 1.165) is 10.1 Å². The number of hydrogen-bond donors (Lipinski definition) is 1. The third kappa shape index (κ3) is 4.48. The standard InChI is InChI=1S/C24H21N3O6S/c1-32-16-9-7-15(8-10-16)13-27-22(29)21-19(11-12-34-21)26(24(27)31)14-20(28)25-18-6-4-3-5-17(18)23(30)33-2/h3-12H,13-14H2,1-2H3,(H,25,28). The number of hydrogen-bond acceptors (Lipinski definition) is 7. The van der Waals surface area contributed by atoms with Crippen molar-refractivity contribution in [3.63, 3.8) is 0 Å². The van der Waals surface area contributed by atoms with Crippen LogP contribution in [0.25, 0.3) is 10.2 Å². The largest absolute Gasteiger partial charge is 0.497 e. The molecule has 4 rings (SSSR count). The summed E-state index contributed by atoms with van der Waals surface area (Å²) in [4.78, 5) is 51.2. The molecule has 0 bridgehead atoms. The highest BCUT2D eigenvalue weighted by atomic mass is 32.1. The number of amides is 1. The van der Waals surface area contributed by atoms with Crippen LogP contribution in [0.4, 0.5) is 5.69 Å². The van der Waals surface area contributed by atoms with Crippen molar-refractivity contribution >= 4 is 39.1 Å². The predicted octanol–water partition coefficient (Wildman–Crippen LogP) is 2.71. The number of nitrogens with one attached hydrogen (secondary N) is 1. The summed E-state index contributed by atoms with van der Waals surface area (Å²) >= 11 is 1.20. The minimum atomic E-state index is -0.608. The average molecular weight is 480 g/mol. The molecule has 0 aliphatic rings. The molecule has 2 aromatic carbocycles. The van der Waals surface area contributed by atoms with Crippen LogP contribution in [0.2, 0.25) is 0 Å². The van der Waals surface area contributed by atoms with E-state index in [1.807, 2.05) is 0 Å². The Labute approximate surface area is 197 Å². The van der Waals surface area contributed by atoms with E-state index in [1.54, 1.807) is 61.0 Å². The number of carbonyl (C=O) groups is 2. The summed E-state index contributed by atoms with van der Waals surface area (Å²) in [5.74, 6) is -0.465. The van der Waals surface area contributed by atoms with E-state index >= 15 is 0 Å².